The van der Waals surface area contributed by atoms with Crippen molar-refractivity contribution >= 4 is 0 Å². The smallest absolute Gasteiger partial charge is 0.122 e. The van der Waals surface area contributed by atoms with Crippen LogP contribution in [-0.2, 0) is 13.1 Å². The van der Waals surface area contributed by atoms with Crippen molar-refractivity contribution in [3.63, 3.8) is 0 Å². The Morgan fingerprint density at radius 2 is 2.06 bits per heavy atom. The van der Waals surface area contributed by atoms with Crippen molar-refractivity contribution < 1.29 is 4.74 Å². The van der Waals surface area contributed by atoms with Gasteiger partial charge >= 0.3 is 0 Å². The summed E-state index contributed by atoms with van der Waals surface area (Å²) in [6, 6.07) is 9.76. The minimum absolute atomic E-state index is 0.457. The number of hydrogen-bond acceptors (Lipinski definition) is 3. The van der Waals surface area contributed by atoms with Crippen molar-refractivity contribution in [2.75, 3.05) is 6.61 Å². The SMILES string of the molecule is NCc1nccn1CCOc1ccccc1. The van der Waals surface area contributed by atoms with E-state index in [1.807, 2.05) is 41.1 Å². The van der Waals surface area contributed by atoms with Gasteiger partial charge < -0.3 is 15.0 Å². The summed E-state index contributed by atoms with van der Waals surface area (Å²) < 4.78 is 7.59. The summed E-state index contributed by atoms with van der Waals surface area (Å²) in [6.45, 7) is 1.84. The van der Waals surface area contributed by atoms with Gasteiger partial charge in [-0.05, 0) is 12.1 Å². The van der Waals surface area contributed by atoms with Gasteiger partial charge in [-0.2, -0.15) is 0 Å². The number of para-hydroxylation sites is 1. The van der Waals surface area contributed by atoms with E-state index in [2.05, 4.69) is 4.98 Å². The van der Waals surface area contributed by atoms with E-state index < -0.39 is 0 Å². The van der Waals surface area contributed by atoms with Crippen LogP contribution in [0.25, 0.3) is 0 Å². The van der Waals surface area contributed by atoms with E-state index in [0.29, 0.717) is 13.2 Å². The highest BCUT2D eigenvalue weighted by Crippen LogP contribution is 2.08. The zero-order valence-electron chi connectivity index (χ0n) is 9.04. The third kappa shape index (κ3) is 2.61. The van der Waals surface area contributed by atoms with Crippen molar-refractivity contribution in [3.8, 4) is 5.75 Å². The predicted molar refractivity (Wildman–Crippen MR) is 62.1 cm³/mol. The Morgan fingerprint density at radius 3 is 2.81 bits per heavy atom. The molecule has 4 nitrogen and oxygen atoms in total. The lowest BCUT2D eigenvalue weighted by molar-refractivity contribution is 0.296. The number of aromatic nitrogens is 2. The highest BCUT2D eigenvalue weighted by molar-refractivity contribution is 5.20. The largest absolute Gasteiger partial charge is 0.492 e. The van der Waals surface area contributed by atoms with Gasteiger partial charge in [0.2, 0.25) is 0 Å². The van der Waals surface area contributed by atoms with E-state index >= 15 is 0 Å². The lowest BCUT2D eigenvalue weighted by Crippen LogP contribution is -2.12. The van der Waals surface area contributed by atoms with E-state index in [9.17, 15) is 0 Å². The van der Waals surface area contributed by atoms with E-state index in [-0.39, 0.29) is 0 Å². The summed E-state index contributed by atoms with van der Waals surface area (Å²) in [4.78, 5) is 4.14. The molecular formula is C12H15N3O. The van der Waals surface area contributed by atoms with Crippen LogP contribution >= 0.6 is 0 Å². The number of benzene rings is 1. The molecule has 2 rings (SSSR count). The molecule has 0 aliphatic rings. The van der Waals surface area contributed by atoms with E-state index in [0.717, 1.165) is 18.1 Å². The average molecular weight is 217 g/mol. The van der Waals surface area contributed by atoms with Crippen molar-refractivity contribution in [3.05, 3.63) is 48.5 Å². The molecule has 4 heteroatoms. The molecule has 0 unspecified atom stereocenters. The molecule has 0 atom stereocenters. The topological polar surface area (TPSA) is 53.1 Å². The molecule has 1 aromatic heterocycles. The monoisotopic (exact) mass is 217 g/mol. The molecular weight excluding hydrogens is 202 g/mol. The normalized spacial score (nSPS) is 10.3. The summed E-state index contributed by atoms with van der Waals surface area (Å²) >= 11 is 0. The minimum Gasteiger partial charge on any atom is -0.492 e. The van der Waals surface area contributed by atoms with Gasteiger partial charge in [-0.15, -0.1) is 0 Å². The Balaban J connectivity index is 1.85. The Morgan fingerprint density at radius 1 is 1.25 bits per heavy atom. The van der Waals surface area contributed by atoms with Crippen LogP contribution in [0.3, 0.4) is 0 Å². The molecule has 0 aliphatic carbocycles. The molecule has 0 fully saturated rings. The molecule has 0 bridgehead atoms. The number of nitrogens with two attached hydrogens (primary N) is 1. The maximum absolute atomic E-state index is 5.59. The van der Waals surface area contributed by atoms with Crippen LogP contribution in [0, 0.1) is 0 Å². The first-order valence-corrected chi connectivity index (χ1v) is 5.28. The highest BCUT2D eigenvalue weighted by Gasteiger charge is 1.99. The number of imidazole rings is 1. The first kappa shape index (κ1) is 10.7. The molecule has 0 saturated carbocycles. The fourth-order valence-corrected chi connectivity index (χ4v) is 1.51. The molecule has 0 spiro atoms. The fourth-order valence-electron chi connectivity index (χ4n) is 1.51. The average Bonchev–Trinajstić information content (AvgIpc) is 2.78. The van der Waals surface area contributed by atoms with Gasteiger partial charge in [0.25, 0.3) is 0 Å². The van der Waals surface area contributed by atoms with Crippen molar-refractivity contribution in [2.24, 2.45) is 5.73 Å². The Bertz CT molecular complexity index is 425. The summed E-state index contributed by atoms with van der Waals surface area (Å²) in [7, 11) is 0. The quantitative estimate of drug-likeness (QED) is 0.824. The number of rotatable bonds is 5. The van der Waals surface area contributed by atoms with Crippen LogP contribution in [0.1, 0.15) is 5.82 Å². The fraction of sp³-hybridized carbons (Fsp3) is 0.250. The molecule has 2 aromatic rings. The maximum Gasteiger partial charge on any atom is 0.122 e. The number of hydrogen-bond donors (Lipinski definition) is 1. The van der Waals surface area contributed by atoms with Gasteiger partial charge in [-0.1, -0.05) is 18.2 Å². The maximum atomic E-state index is 5.59. The Hall–Kier alpha value is -1.81. The van der Waals surface area contributed by atoms with Crippen LogP contribution in [-0.4, -0.2) is 16.2 Å². The van der Waals surface area contributed by atoms with Gasteiger partial charge in [-0.3, -0.25) is 0 Å². The summed E-state index contributed by atoms with van der Waals surface area (Å²) in [5.41, 5.74) is 5.55. The molecule has 0 saturated heterocycles. The second-order valence-electron chi connectivity index (χ2n) is 3.40. The van der Waals surface area contributed by atoms with E-state index in [1.54, 1.807) is 6.20 Å². The summed E-state index contributed by atoms with van der Waals surface area (Å²) in [6.07, 6.45) is 3.67. The summed E-state index contributed by atoms with van der Waals surface area (Å²) in [5, 5.41) is 0. The zero-order chi connectivity index (χ0) is 11.2. The van der Waals surface area contributed by atoms with Gasteiger partial charge in [0.05, 0.1) is 13.1 Å². The first-order chi connectivity index (χ1) is 7.90. The van der Waals surface area contributed by atoms with Crippen molar-refractivity contribution in [2.45, 2.75) is 13.1 Å². The molecule has 16 heavy (non-hydrogen) atoms. The minimum atomic E-state index is 0.457. The third-order valence-corrected chi connectivity index (χ3v) is 2.33. The van der Waals surface area contributed by atoms with Crippen molar-refractivity contribution in [1.29, 1.82) is 0 Å². The van der Waals surface area contributed by atoms with Gasteiger partial charge in [0, 0.05) is 12.4 Å². The van der Waals surface area contributed by atoms with Crippen LogP contribution in [0.4, 0.5) is 0 Å². The molecule has 2 N–H and O–H groups in total. The molecule has 84 valence electrons. The molecule has 0 amide bonds. The second-order valence-corrected chi connectivity index (χ2v) is 3.40. The molecule has 0 aliphatic heterocycles. The standard InChI is InChI=1S/C12H15N3O/c13-10-12-14-6-7-15(12)8-9-16-11-4-2-1-3-5-11/h1-7H,8-10,13H2. The molecule has 1 heterocycles. The molecule has 0 radical (unpaired) electrons. The number of nitrogens with zero attached hydrogens (tertiary/aromatic N) is 2. The van der Waals surface area contributed by atoms with E-state index in [4.69, 9.17) is 10.5 Å². The predicted octanol–water partition coefficient (Wildman–Crippen LogP) is 1.42. The Labute approximate surface area is 94.7 Å². The second kappa shape index (κ2) is 5.32. The van der Waals surface area contributed by atoms with Crippen molar-refractivity contribution in [1.82, 2.24) is 9.55 Å². The summed E-state index contributed by atoms with van der Waals surface area (Å²) in [5.74, 6) is 1.77. The lowest BCUT2D eigenvalue weighted by atomic mass is 10.3. The van der Waals surface area contributed by atoms with Crippen LogP contribution in [0.15, 0.2) is 42.7 Å². The van der Waals surface area contributed by atoms with Crippen LogP contribution in [0.2, 0.25) is 0 Å². The third-order valence-electron chi connectivity index (χ3n) is 2.33. The van der Waals surface area contributed by atoms with E-state index in [1.165, 1.54) is 0 Å². The highest BCUT2D eigenvalue weighted by atomic mass is 16.5. The zero-order valence-corrected chi connectivity index (χ0v) is 9.04. The van der Waals surface area contributed by atoms with Gasteiger partial charge in [0.1, 0.15) is 18.2 Å². The van der Waals surface area contributed by atoms with Gasteiger partial charge in [-0.25, -0.2) is 4.98 Å². The number of ether oxygens (including phenoxy) is 1. The lowest BCUT2D eigenvalue weighted by Gasteiger charge is -2.08. The molecule has 1 aromatic carbocycles. The Kier molecular flexibility index (Phi) is 3.56. The van der Waals surface area contributed by atoms with Crippen LogP contribution in [0.5, 0.6) is 5.75 Å². The van der Waals surface area contributed by atoms with Gasteiger partial charge in [0.15, 0.2) is 0 Å². The van der Waals surface area contributed by atoms with Crippen LogP contribution < -0.4 is 10.5 Å². The first-order valence-electron chi connectivity index (χ1n) is 5.28.